The number of hydrogen-bond acceptors (Lipinski definition) is 9. The summed E-state index contributed by atoms with van der Waals surface area (Å²) in [4.78, 5) is 24.2. The standard InChI is InChI=1S/C22H26BrN6O6P/c1-3-33-20-18-19(26-22(24)27-20)29(12-25-18)16-7-4-14(10-16)11-34-36(32,28-13(2)21(30)31)35-17-8-5-15(23)6-9-17/h4-9,12-14,16H,3,10-11H2,1-2H3,(H,28,32)(H,30,31)(H2,24,26,27)/t13?,14-,16+,36?/m1/s1. The minimum Gasteiger partial charge on any atom is -0.480 e. The molecule has 4 N–H and O–H groups in total. The van der Waals surface area contributed by atoms with E-state index in [0.717, 1.165) is 4.47 Å². The monoisotopic (exact) mass is 580 g/mol. The van der Waals surface area contributed by atoms with Crippen LogP contribution in [-0.2, 0) is 13.9 Å². The van der Waals surface area contributed by atoms with Gasteiger partial charge in [-0.1, -0.05) is 28.1 Å². The van der Waals surface area contributed by atoms with E-state index in [2.05, 4.69) is 36.0 Å². The van der Waals surface area contributed by atoms with Gasteiger partial charge in [-0.2, -0.15) is 15.1 Å². The van der Waals surface area contributed by atoms with Gasteiger partial charge in [0, 0.05) is 10.4 Å². The van der Waals surface area contributed by atoms with Gasteiger partial charge in [-0.3, -0.25) is 9.32 Å². The second-order valence-electron chi connectivity index (χ2n) is 8.12. The predicted octanol–water partition coefficient (Wildman–Crippen LogP) is 3.95. The smallest absolute Gasteiger partial charge is 0.459 e. The van der Waals surface area contributed by atoms with Gasteiger partial charge in [0.2, 0.25) is 11.8 Å². The Kier molecular flexibility index (Phi) is 7.94. The molecular weight excluding hydrogens is 555 g/mol. The predicted molar refractivity (Wildman–Crippen MR) is 136 cm³/mol. The number of halogens is 1. The number of aliphatic carboxylic acids is 1. The highest BCUT2D eigenvalue weighted by Crippen LogP contribution is 2.46. The lowest BCUT2D eigenvalue weighted by atomic mass is 10.1. The number of carbonyl (C=O) groups is 1. The van der Waals surface area contributed by atoms with Crippen LogP contribution in [-0.4, -0.2) is 49.9 Å². The molecule has 2 heterocycles. The third-order valence-corrected chi connectivity index (χ3v) is 7.59. The molecule has 2 unspecified atom stereocenters. The number of imidazole rings is 1. The number of rotatable bonds is 11. The molecule has 192 valence electrons. The maximum atomic E-state index is 13.4. The van der Waals surface area contributed by atoms with Crippen molar-refractivity contribution in [1.29, 1.82) is 0 Å². The lowest BCUT2D eigenvalue weighted by Crippen LogP contribution is -2.33. The van der Waals surface area contributed by atoms with Crippen molar-refractivity contribution < 1.29 is 28.3 Å². The van der Waals surface area contributed by atoms with Crippen LogP contribution in [0.25, 0.3) is 11.2 Å². The average molecular weight is 581 g/mol. The van der Waals surface area contributed by atoms with Crippen LogP contribution in [0.5, 0.6) is 11.6 Å². The number of allylic oxidation sites excluding steroid dienone is 1. The topological polar surface area (TPSA) is 164 Å². The Morgan fingerprint density at radius 3 is 2.78 bits per heavy atom. The summed E-state index contributed by atoms with van der Waals surface area (Å²) in [6, 6.07) is 5.38. The number of benzene rings is 1. The van der Waals surface area contributed by atoms with Crippen molar-refractivity contribution in [2.45, 2.75) is 32.4 Å². The summed E-state index contributed by atoms with van der Waals surface area (Å²) in [5.41, 5.74) is 6.92. The SMILES string of the molecule is CCOc1nc(N)nc2c1ncn2[C@H]1C=C[C@@H](COP(=O)(NC(C)C(=O)O)Oc2ccc(Br)cc2)C1. The molecule has 2 aromatic heterocycles. The Balaban J connectivity index is 1.46. The molecule has 0 fully saturated rings. The van der Waals surface area contributed by atoms with Crippen molar-refractivity contribution >= 4 is 46.8 Å². The second-order valence-corrected chi connectivity index (χ2v) is 10.7. The molecule has 36 heavy (non-hydrogen) atoms. The van der Waals surface area contributed by atoms with Gasteiger partial charge in [-0.25, -0.2) is 9.55 Å². The highest BCUT2D eigenvalue weighted by molar-refractivity contribution is 9.10. The first-order valence-electron chi connectivity index (χ1n) is 11.2. The number of fused-ring (bicyclic) bond motifs is 1. The number of ether oxygens (including phenoxy) is 1. The molecule has 0 saturated heterocycles. The number of anilines is 1. The highest BCUT2D eigenvalue weighted by atomic mass is 79.9. The molecule has 0 bridgehead atoms. The number of nitrogen functional groups attached to an aromatic ring is 1. The molecule has 0 saturated carbocycles. The largest absolute Gasteiger partial charge is 0.480 e. The van der Waals surface area contributed by atoms with Gasteiger partial charge in [0.25, 0.3) is 0 Å². The van der Waals surface area contributed by atoms with Gasteiger partial charge >= 0.3 is 13.7 Å². The molecule has 0 radical (unpaired) electrons. The number of carboxylic acid groups (broad SMARTS) is 1. The number of nitrogens with zero attached hydrogens (tertiary/aromatic N) is 4. The van der Waals surface area contributed by atoms with Crippen LogP contribution in [0.4, 0.5) is 5.95 Å². The van der Waals surface area contributed by atoms with Gasteiger partial charge in [0.15, 0.2) is 11.2 Å². The quantitative estimate of drug-likeness (QED) is 0.222. The Morgan fingerprint density at radius 2 is 2.08 bits per heavy atom. The molecule has 4 atom stereocenters. The number of hydrogen-bond donors (Lipinski definition) is 3. The fourth-order valence-corrected chi connectivity index (χ4v) is 5.50. The molecule has 0 aliphatic heterocycles. The van der Waals surface area contributed by atoms with Crippen LogP contribution in [0.3, 0.4) is 0 Å². The molecule has 1 aliphatic carbocycles. The van der Waals surface area contributed by atoms with Crippen LogP contribution in [0.2, 0.25) is 0 Å². The summed E-state index contributed by atoms with van der Waals surface area (Å²) < 4.78 is 33.0. The summed E-state index contributed by atoms with van der Waals surface area (Å²) >= 11 is 3.33. The van der Waals surface area contributed by atoms with Crippen LogP contribution in [0.15, 0.2) is 47.2 Å². The first-order chi connectivity index (χ1) is 17.2. The average Bonchev–Trinajstić information content (AvgIpc) is 3.46. The van der Waals surface area contributed by atoms with Crippen molar-refractivity contribution in [2.24, 2.45) is 5.92 Å². The van der Waals surface area contributed by atoms with E-state index in [1.165, 1.54) is 6.92 Å². The van der Waals surface area contributed by atoms with Crippen LogP contribution in [0, 0.1) is 5.92 Å². The molecule has 1 aromatic carbocycles. The minimum atomic E-state index is -4.01. The lowest BCUT2D eigenvalue weighted by Gasteiger charge is -2.23. The normalized spacial score (nSPS) is 19.8. The van der Waals surface area contributed by atoms with Gasteiger partial charge in [0.1, 0.15) is 11.8 Å². The number of carboxylic acids is 1. The van der Waals surface area contributed by atoms with E-state index in [9.17, 15) is 14.5 Å². The zero-order chi connectivity index (χ0) is 25.9. The lowest BCUT2D eigenvalue weighted by molar-refractivity contribution is -0.138. The third-order valence-electron chi connectivity index (χ3n) is 5.41. The van der Waals surface area contributed by atoms with Gasteiger partial charge in [0.05, 0.1) is 25.6 Å². The second kappa shape index (κ2) is 11.0. The summed E-state index contributed by atoms with van der Waals surface area (Å²) in [5.74, 6) is -0.622. The minimum absolute atomic E-state index is 0.0358. The summed E-state index contributed by atoms with van der Waals surface area (Å²) in [6.07, 6.45) is 6.17. The van der Waals surface area contributed by atoms with E-state index in [-0.39, 0.29) is 30.3 Å². The Labute approximate surface area is 215 Å². The maximum absolute atomic E-state index is 13.4. The number of aromatic nitrogens is 4. The number of nitrogens with two attached hydrogens (primary N) is 1. The van der Waals surface area contributed by atoms with E-state index in [0.29, 0.717) is 30.1 Å². The molecular formula is C22H26BrN6O6P. The molecule has 0 amide bonds. The van der Waals surface area contributed by atoms with Gasteiger partial charge in [-0.15, -0.1) is 0 Å². The first kappa shape index (κ1) is 26.1. The van der Waals surface area contributed by atoms with Crippen LogP contribution in [0.1, 0.15) is 26.3 Å². The van der Waals surface area contributed by atoms with E-state index < -0.39 is 19.8 Å². The fourth-order valence-electron chi connectivity index (χ4n) is 3.68. The molecule has 14 heteroatoms. The van der Waals surface area contributed by atoms with Crippen molar-refractivity contribution in [3.63, 3.8) is 0 Å². The van der Waals surface area contributed by atoms with E-state index in [1.54, 1.807) is 30.6 Å². The van der Waals surface area contributed by atoms with Crippen molar-refractivity contribution in [1.82, 2.24) is 24.6 Å². The van der Waals surface area contributed by atoms with Crippen molar-refractivity contribution in [3.8, 4) is 11.6 Å². The molecule has 0 spiro atoms. The molecule has 4 rings (SSSR count). The van der Waals surface area contributed by atoms with Gasteiger partial charge in [-0.05, 0) is 44.5 Å². The Morgan fingerprint density at radius 1 is 1.33 bits per heavy atom. The van der Waals surface area contributed by atoms with E-state index in [1.807, 2.05) is 23.6 Å². The fraction of sp³-hybridized carbons (Fsp3) is 0.364. The zero-order valence-corrected chi connectivity index (χ0v) is 22.1. The summed E-state index contributed by atoms with van der Waals surface area (Å²) in [7, 11) is -4.01. The summed E-state index contributed by atoms with van der Waals surface area (Å²) in [5, 5.41) is 11.8. The first-order valence-corrected chi connectivity index (χ1v) is 13.5. The Bertz CT molecular complexity index is 1320. The molecule has 12 nitrogen and oxygen atoms in total. The van der Waals surface area contributed by atoms with Crippen LogP contribution >= 0.6 is 23.7 Å². The number of nitrogens with one attached hydrogen (secondary N) is 1. The summed E-state index contributed by atoms with van der Waals surface area (Å²) in [6.45, 7) is 3.66. The van der Waals surface area contributed by atoms with Crippen molar-refractivity contribution in [3.05, 3.63) is 47.2 Å². The molecule has 1 aliphatic rings. The molecule has 3 aromatic rings. The van der Waals surface area contributed by atoms with Crippen molar-refractivity contribution in [2.75, 3.05) is 18.9 Å². The van der Waals surface area contributed by atoms with E-state index >= 15 is 0 Å². The highest BCUT2D eigenvalue weighted by Gasteiger charge is 2.33. The third kappa shape index (κ3) is 6.04. The van der Waals surface area contributed by atoms with E-state index in [4.69, 9.17) is 19.5 Å². The Hall–Kier alpha value is -2.99. The van der Waals surface area contributed by atoms with Gasteiger partial charge < -0.3 is 24.7 Å². The maximum Gasteiger partial charge on any atom is 0.459 e. The van der Waals surface area contributed by atoms with Crippen LogP contribution < -0.4 is 20.1 Å². The zero-order valence-electron chi connectivity index (χ0n) is 19.6.